The van der Waals surface area contributed by atoms with Crippen LogP contribution in [0.3, 0.4) is 0 Å². The second kappa shape index (κ2) is 12.9. The van der Waals surface area contributed by atoms with E-state index in [2.05, 4.69) is 5.16 Å². The van der Waals surface area contributed by atoms with Gasteiger partial charge in [0.05, 0.1) is 18.1 Å². The molecular formula is C25H33NO5S. The fourth-order valence-electron chi connectivity index (χ4n) is 3.24. The van der Waals surface area contributed by atoms with Gasteiger partial charge in [-0.2, -0.15) is 0 Å². The van der Waals surface area contributed by atoms with Gasteiger partial charge in [0.25, 0.3) is 0 Å². The fraction of sp³-hybridized carbons (Fsp3) is 0.400. The molecule has 6 nitrogen and oxygen atoms in total. The minimum atomic E-state index is -3.32. The molecule has 0 radical (unpaired) electrons. The number of aryl methyl sites for hydroxylation is 2. The monoisotopic (exact) mass is 459 g/mol. The molecule has 0 aliphatic heterocycles. The number of nitrogens with zero attached hydrogens (tertiary/aromatic N) is 1. The molecule has 0 amide bonds. The maximum Gasteiger partial charge on any atom is 0.156 e. The number of unbranched alkanes of at least 4 members (excludes halogenated alkanes) is 1. The third-order valence-corrected chi connectivity index (χ3v) is 6.40. The van der Waals surface area contributed by atoms with Gasteiger partial charge in [-0.3, -0.25) is 0 Å². The van der Waals surface area contributed by atoms with E-state index in [0.29, 0.717) is 31.8 Å². The Morgan fingerprint density at radius 1 is 1.03 bits per heavy atom. The first-order valence-electron chi connectivity index (χ1n) is 10.7. The minimum absolute atomic E-state index is 0.0710. The van der Waals surface area contributed by atoms with Gasteiger partial charge >= 0.3 is 0 Å². The lowest BCUT2D eigenvalue weighted by molar-refractivity contribution is 0.213. The second-order valence-electron chi connectivity index (χ2n) is 7.50. The first-order valence-corrected chi connectivity index (χ1v) is 12.5. The van der Waals surface area contributed by atoms with Crippen molar-refractivity contribution in [2.45, 2.75) is 33.6 Å². The lowest BCUT2D eigenvalue weighted by Gasteiger charge is -2.14. The molecule has 0 bridgehead atoms. The average Bonchev–Trinajstić information content (AvgIpc) is 2.75. The molecule has 0 aromatic heterocycles. The van der Waals surface area contributed by atoms with Crippen molar-refractivity contribution in [2.24, 2.45) is 5.16 Å². The van der Waals surface area contributed by atoms with Gasteiger partial charge in [0.15, 0.2) is 9.84 Å². The minimum Gasteiger partial charge on any atom is -0.493 e. The Morgan fingerprint density at radius 2 is 1.72 bits per heavy atom. The molecule has 0 atom stereocenters. The van der Waals surface area contributed by atoms with Crippen molar-refractivity contribution in [3.63, 3.8) is 0 Å². The van der Waals surface area contributed by atoms with Crippen LogP contribution in [0.1, 0.15) is 36.5 Å². The zero-order valence-electron chi connectivity index (χ0n) is 19.3. The number of oxime groups is 1. The molecule has 0 N–H and O–H groups in total. The maximum absolute atomic E-state index is 12.6. The predicted octanol–water partition coefficient (Wildman–Crippen LogP) is 4.88. The lowest BCUT2D eigenvalue weighted by atomic mass is 10.1. The Morgan fingerprint density at radius 3 is 2.34 bits per heavy atom. The van der Waals surface area contributed by atoms with Crippen molar-refractivity contribution in [1.29, 1.82) is 0 Å². The van der Waals surface area contributed by atoms with Gasteiger partial charge in [0.1, 0.15) is 30.9 Å². The van der Waals surface area contributed by atoms with E-state index in [1.165, 1.54) is 7.11 Å². The van der Waals surface area contributed by atoms with E-state index in [1.807, 2.05) is 75.4 Å². The van der Waals surface area contributed by atoms with Crippen molar-refractivity contribution < 1.29 is 22.7 Å². The number of hydrogen-bond donors (Lipinski definition) is 0. The topological polar surface area (TPSA) is 74.2 Å². The number of benzene rings is 2. The van der Waals surface area contributed by atoms with Crippen molar-refractivity contribution in [3.8, 4) is 11.5 Å². The highest BCUT2D eigenvalue weighted by Gasteiger charge is 2.17. The summed E-state index contributed by atoms with van der Waals surface area (Å²) in [5.41, 5.74) is 3.14. The summed E-state index contributed by atoms with van der Waals surface area (Å²) in [5.74, 6) is 1.55. The standard InChI is InChI=1S/C25H33NO5S/c1-5-6-14-30-23-17-20(2)25(21(3)18-23)31-15-10-11-16-32(27,28)19-24(26-29-4)22-12-8-7-9-13-22/h5-9,12-13,17-18H,10-11,14-16,19H2,1-4H3/b6-5+,26-24?. The van der Waals surface area contributed by atoms with Crippen LogP contribution < -0.4 is 9.47 Å². The molecule has 2 aromatic rings. The van der Waals surface area contributed by atoms with E-state index in [4.69, 9.17) is 14.3 Å². The zero-order chi connectivity index (χ0) is 23.4. The Bertz CT molecular complexity index is 991. The quantitative estimate of drug-likeness (QED) is 0.185. The van der Waals surface area contributed by atoms with Gasteiger partial charge in [-0.25, -0.2) is 8.42 Å². The summed E-state index contributed by atoms with van der Waals surface area (Å²) < 4.78 is 36.8. The highest BCUT2D eigenvalue weighted by Crippen LogP contribution is 2.28. The molecule has 2 aromatic carbocycles. The lowest BCUT2D eigenvalue weighted by Crippen LogP contribution is -2.20. The number of sulfone groups is 1. The normalized spacial score (nSPS) is 12.2. The van der Waals surface area contributed by atoms with Gasteiger partial charge in [0.2, 0.25) is 0 Å². The van der Waals surface area contributed by atoms with Crippen LogP contribution in [-0.2, 0) is 14.7 Å². The van der Waals surface area contributed by atoms with E-state index in [-0.39, 0.29) is 11.5 Å². The van der Waals surface area contributed by atoms with Gasteiger partial charge in [-0.05, 0) is 56.9 Å². The molecular weight excluding hydrogens is 426 g/mol. The summed E-state index contributed by atoms with van der Waals surface area (Å²) in [6, 6.07) is 13.1. The predicted molar refractivity (Wildman–Crippen MR) is 130 cm³/mol. The van der Waals surface area contributed by atoms with Crippen molar-refractivity contribution in [1.82, 2.24) is 0 Å². The Kier molecular flexibility index (Phi) is 10.3. The molecule has 0 saturated heterocycles. The van der Waals surface area contributed by atoms with E-state index in [1.54, 1.807) is 0 Å². The summed E-state index contributed by atoms with van der Waals surface area (Å²) in [7, 11) is -1.90. The summed E-state index contributed by atoms with van der Waals surface area (Å²) in [6.45, 7) is 6.90. The highest BCUT2D eigenvalue weighted by molar-refractivity contribution is 7.92. The highest BCUT2D eigenvalue weighted by atomic mass is 32.2. The molecule has 0 spiro atoms. The van der Waals surface area contributed by atoms with Crippen LogP contribution in [0, 0.1) is 13.8 Å². The van der Waals surface area contributed by atoms with Crippen molar-refractivity contribution >= 4 is 15.5 Å². The third-order valence-electron chi connectivity index (χ3n) is 4.78. The molecule has 32 heavy (non-hydrogen) atoms. The number of ether oxygens (including phenoxy) is 2. The third kappa shape index (κ3) is 8.38. The van der Waals surface area contributed by atoms with Crippen molar-refractivity contribution in [2.75, 3.05) is 31.8 Å². The number of allylic oxidation sites excluding steroid dienone is 1. The van der Waals surface area contributed by atoms with Crippen LogP contribution in [0.4, 0.5) is 0 Å². The molecule has 0 aliphatic rings. The summed E-state index contributed by atoms with van der Waals surface area (Å²) >= 11 is 0. The fourth-order valence-corrected chi connectivity index (χ4v) is 4.67. The van der Waals surface area contributed by atoms with Gasteiger partial charge in [-0.1, -0.05) is 47.6 Å². The van der Waals surface area contributed by atoms with Crippen LogP contribution in [0.5, 0.6) is 11.5 Å². The molecule has 0 unspecified atom stereocenters. The maximum atomic E-state index is 12.6. The average molecular weight is 460 g/mol. The first-order chi connectivity index (χ1) is 15.4. The van der Waals surface area contributed by atoms with Crippen LogP contribution in [0.15, 0.2) is 59.8 Å². The van der Waals surface area contributed by atoms with E-state index in [0.717, 1.165) is 28.2 Å². The van der Waals surface area contributed by atoms with Crippen LogP contribution in [-0.4, -0.2) is 46.0 Å². The van der Waals surface area contributed by atoms with Gasteiger partial charge in [-0.15, -0.1) is 0 Å². The number of hydrogen-bond acceptors (Lipinski definition) is 6. The van der Waals surface area contributed by atoms with Crippen LogP contribution >= 0.6 is 0 Å². The van der Waals surface area contributed by atoms with Crippen molar-refractivity contribution in [3.05, 3.63) is 71.3 Å². The molecule has 2 rings (SSSR count). The SMILES string of the molecule is C/C=C/COc1cc(C)c(OCCCCS(=O)(=O)CC(=NOC)c2ccccc2)c(C)c1. The Balaban J connectivity index is 1.84. The summed E-state index contributed by atoms with van der Waals surface area (Å²) in [6.07, 6.45) is 5.05. The smallest absolute Gasteiger partial charge is 0.156 e. The molecule has 0 saturated carbocycles. The number of rotatable bonds is 13. The Labute approximate surface area is 191 Å². The second-order valence-corrected chi connectivity index (χ2v) is 9.68. The zero-order valence-corrected chi connectivity index (χ0v) is 20.2. The summed E-state index contributed by atoms with van der Waals surface area (Å²) in [4.78, 5) is 4.85. The van der Waals surface area contributed by atoms with E-state index < -0.39 is 9.84 Å². The molecule has 0 heterocycles. The first kappa shape index (κ1) is 25.5. The largest absolute Gasteiger partial charge is 0.493 e. The molecule has 174 valence electrons. The molecule has 7 heteroatoms. The van der Waals surface area contributed by atoms with Gasteiger partial charge in [0, 0.05) is 5.56 Å². The summed E-state index contributed by atoms with van der Waals surface area (Å²) in [5, 5.41) is 3.91. The Hall–Kier alpha value is -2.80. The van der Waals surface area contributed by atoms with Crippen LogP contribution in [0.2, 0.25) is 0 Å². The molecule has 0 aliphatic carbocycles. The molecule has 0 fully saturated rings. The van der Waals surface area contributed by atoms with E-state index in [9.17, 15) is 8.42 Å². The van der Waals surface area contributed by atoms with Crippen LogP contribution in [0.25, 0.3) is 0 Å². The van der Waals surface area contributed by atoms with Gasteiger partial charge < -0.3 is 14.3 Å². The van der Waals surface area contributed by atoms with E-state index >= 15 is 0 Å².